The quantitative estimate of drug-likeness (QED) is 0.153. The van der Waals surface area contributed by atoms with Gasteiger partial charge in [0.15, 0.2) is 17.2 Å². The van der Waals surface area contributed by atoms with Crippen molar-refractivity contribution in [2.75, 3.05) is 0 Å². The van der Waals surface area contributed by atoms with Crippen molar-refractivity contribution in [1.82, 2.24) is 9.97 Å². The van der Waals surface area contributed by atoms with Gasteiger partial charge in [-0.15, -0.1) is 11.3 Å². The largest absolute Gasteiger partial charge is 0.485 e. The highest BCUT2D eigenvalue weighted by Crippen LogP contribution is 2.46. The summed E-state index contributed by atoms with van der Waals surface area (Å²) in [5.41, 5.74) is 2.69. The summed E-state index contributed by atoms with van der Waals surface area (Å²) in [4.78, 5) is 21.2. The minimum absolute atomic E-state index is 0.117. The highest BCUT2D eigenvalue weighted by molar-refractivity contribution is 7.20. The first kappa shape index (κ1) is 27.7. The standard InChI is InChI=1S/C35H26N2O5S/c38-35(39)28(26-13-16-36-17-14-26)19-33-34(42-27-12-7-15-37-21-27)29-18-30(40-22-24-8-3-1-4-9-24)31(20-32(29)43-33)41-23-25-10-5-2-6-11-25/h1-21H,22-23H2,(H,38,39). The van der Waals surface area contributed by atoms with Crippen LogP contribution in [0.15, 0.2) is 122 Å². The minimum Gasteiger partial charge on any atom is -0.485 e. The third-order valence-corrected chi connectivity index (χ3v) is 7.64. The van der Waals surface area contributed by atoms with Crippen molar-refractivity contribution < 1.29 is 24.1 Å². The SMILES string of the molecule is O=C(O)C(=Cc1sc2cc(OCc3ccccc3)c(OCc3ccccc3)cc2c1Oc1cccnc1)c1ccncc1. The first-order valence-electron chi connectivity index (χ1n) is 13.5. The van der Waals surface area contributed by atoms with Crippen molar-refractivity contribution in [3.05, 3.63) is 143 Å². The van der Waals surface area contributed by atoms with Crippen molar-refractivity contribution in [1.29, 1.82) is 0 Å². The van der Waals surface area contributed by atoms with Crippen LogP contribution in [0.3, 0.4) is 0 Å². The molecule has 3 aromatic carbocycles. The van der Waals surface area contributed by atoms with Gasteiger partial charge in [0.1, 0.15) is 19.0 Å². The molecule has 0 unspecified atom stereocenters. The Morgan fingerprint density at radius 1 is 0.767 bits per heavy atom. The highest BCUT2D eigenvalue weighted by Gasteiger charge is 2.21. The molecule has 212 valence electrons. The maximum atomic E-state index is 12.4. The number of pyridine rings is 2. The average molecular weight is 587 g/mol. The van der Waals surface area contributed by atoms with Crippen LogP contribution in [0.25, 0.3) is 21.7 Å². The molecular formula is C35H26N2O5S. The van der Waals surface area contributed by atoms with Crippen molar-refractivity contribution >= 4 is 39.0 Å². The molecular weight excluding hydrogens is 560 g/mol. The Kier molecular flexibility index (Phi) is 8.38. The summed E-state index contributed by atoms with van der Waals surface area (Å²) in [7, 11) is 0. The molecule has 0 atom stereocenters. The fraction of sp³-hybridized carbons (Fsp3) is 0.0571. The predicted octanol–water partition coefficient (Wildman–Crippen LogP) is 8.27. The molecule has 0 aliphatic heterocycles. The zero-order valence-corrected chi connectivity index (χ0v) is 23.7. The van der Waals surface area contributed by atoms with Gasteiger partial charge in [0.2, 0.25) is 0 Å². The maximum absolute atomic E-state index is 12.4. The van der Waals surface area contributed by atoms with E-state index in [-0.39, 0.29) is 5.57 Å². The molecule has 0 aliphatic carbocycles. The van der Waals surface area contributed by atoms with Crippen LogP contribution < -0.4 is 14.2 Å². The smallest absolute Gasteiger partial charge is 0.336 e. The number of aliphatic carboxylic acids is 1. The third-order valence-electron chi connectivity index (χ3n) is 6.56. The summed E-state index contributed by atoms with van der Waals surface area (Å²) in [6.07, 6.45) is 8.04. The Morgan fingerprint density at radius 3 is 2.02 bits per heavy atom. The number of aromatic nitrogens is 2. The maximum Gasteiger partial charge on any atom is 0.336 e. The first-order chi connectivity index (χ1) is 21.1. The van der Waals surface area contributed by atoms with Gasteiger partial charge in [-0.05, 0) is 53.1 Å². The summed E-state index contributed by atoms with van der Waals surface area (Å²) in [5.74, 6) is 1.08. The highest BCUT2D eigenvalue weighted by atomic mass is 32.1. The summed E-state index contributed by atoms with van der Waals surface area (Å²) >= 11 is 1.41. The second-order valence-corrected chi connectivity index (χ2v) is 10.6. The van der Waals surface area contributed by atoms with Crippen LogP contribution >= 0.6 is 11.3 Å². The lowest BCUT2D eigenvalue weighted by Crippen LogP contribution is -2.00. The van der Waals surface area contributed by atoms with E-state index in [1.165, 1.54) is 11.3 Å². The van der Waals surface area contributed by atoms with E-state index >= 15 is 0 Å². The van der Waals surface area contributed by atoms with Crippen LogP contribution in [0, 0.1) is 0 Å². The Labute approximate surface area is 252 Å². The molecule has 0 fully saturated rings. The Bertz CT molecular complexity index is 1860. The molecule has 0 saturated carbocycles. The molecule has 3 heterocycles. The lowest BCUT2D eigenvalue weighted by molar-refractivity contribution is -0.130. The number of carboxylic acid groups (broad SMARTS) is 1. The molecule has 6 aromatic rings. The fourth-order valence-electron chi connectivity index (χ4n) is 4.45. The molecule has 0 amide bonds. The lowest BCUT2D eigenvalue weighted by Gasteiger charge is -2.14. The summed E-state index contributed by atoms with van der Waals surface area (Å²) < 4.78 is 19.8. The van der Waals surface area contributed by atoms with E-state index in [2.05, 4.69) is 9.97 Å². The van der Waals surface area contributed by atoms with Crippen LogP contribution in [0.2, 0.25) is 0 Å². The molecule has 3 aromatic heterocycles. The predicted molar refractivity (Wildman–Crippen MR) is 167 cm³/mol. The number of carbonyl (C=O) groups is 1. The summed E-state index contributed by atoms with van der Waals surface area (Å²) in [5, 5.41) is 10.9. The van der Waals surface area contributed by atoms with Gasteiger partial charge in [0.05, 0.1) is 16.6 Å². The van der Waals surface area contributed by atoms with E-state index in [1.54, 1.807) is 55.1 Å². The molecule has 0 bridgehead atoms. The van der Waals surface area contributed by atoms with Crippen molar-refractivity contribution in [3.63, 3.8) is 0 Å². The number of hydrogen-bond donors (Lipinski definition) is 1. The normalized spacial score (nSPS) is 11.3. The summed E-state index contributed by atoms with van der Waals surface area (Å²) in [6, 6.07) is 30.5. The molecule has 0 aliphatic rings. The Balaban J connectivity index is 1.47. The third kappa shape index (κ3) is 6.72. The fourth-order valence-corrected chi connectivity index (χ4v) is 5.54. The zero-order chi connectivity index (χ0) is 29.4. The van der Waals surface area contributed by atoms with Crippen LogP contribution in [-0.2, 0) is 18.0 Å². The van der Waals surface area contributed by atoms with Crippen molar-refractivity contribution in [3.8, 4) is 23.0 Å². The molecule has 0 saturated heterocycles. The van der Waals surface area contributed by atoms with Crippen LogP contribution in [0.5, 0.6) is 23.0 Å². The second-order valence-electron chi connectivity index (χ2n) is 9.53. The molecule has 1 N–H and O–H groups in total. The van der Waals surface area contributed by atoms with Crippen LogP contribution in [-0.4, -0.2) is 21.0 Å². The number of fused-ring (bicyclic) bond motifs is 1. The molecule has 7 nitrogen and oxygen atoms in total. The van der Waals surface area contributed by atoms with Gasteiger partial charge in [-0.3, -0.25) is 9.97 Å². The van der Waals surface area contributed by atoms with Crippen LogP contribution in [0.4, 0.5) is 0 Å². The lowest BCUT2D eigenvalue weighted by atomic mass is 10.1. The van der Waals surface area contributed by atoms with E-state index < -0.39 is 5.97 Å². The average Bonchev–Trinajstić information content (AvgIpc) is 3.38. The number of hydrogen-bond acceptors (Lipinski definition) is 7. The van der Waals surface area contributed by atoms with Gasteiger partial charge >= 0.3 is 5.97 Å². The van der Waals surface area contributed by atoms with Gasteiger partial charge in [0, 0.05) is 34.7 Å². The topological polar surface area (TPSA) is 90.8 Å². The van der Waals surface area contributed by atoms with Gasteiger partial charge in [-0.2, -0.15) is 0 Å². The molecule has 43 heavy (non-hydrogen) atoms. The monoisotopic (exact) mass is 586 g/mol. The van der Waals surface area contributed by atoms with Gasteiger partial charge in [0.25, 0.3) is 0 Å². The van der Waals surface area contributed by atoms with Crippen molar-refractivity contribution in [2.24, 2.45) is 0 Å². The molecule has 8 heteroatoms. The number of thiophene rings is 1. The number of ether oxygens (including phenoxy) is 3. The Hall–Kier alpha value is -5.47. The van der Waals surface area contributed by atoms with Gasteiger partial charge in [-0.25, -0.2) is 4.79 Å². The number of carboxylic acids is 1. The summed E-state index contributed by atoms with van der Waals surface area (Å²) in [6.45, 7) is 0.700. The first-order valence-corrected chi connectivity index (χ1v) is 14.3. The van der Waals surface area contributed by atoms with Gasteiger partial charge < -0.3 is 19.3 Å². The number of rotatable bonds is 11. The van der Waals surface area contributed by atoms with E-state index in [9.17, 15) is 9.90 Å². The van der Waals surface area contributed by atoms with Crippen molar-refractivity contribution in [2.45, 2.75) is 13.2 Å². The number of benzene rings is 3. The molecule has 6 rings (SSSR count). The molecule has 0 spiro atoms. The van der Waals surface area contributed by atoms with E-state index in [4.69, 9.17) is 14.2 Å². The van der Waals surface area contributed by atoms with E-state index in [0.29, 0.717) is 46.7 Å². The van der Waals surface area contributed by atoms with Gasteiger partial charge in [-0.1, -0.05) is 60.7 Å². The number of nitrogens with zero attached hydrogens (tertiary/aromatic N) is 2. The molecule has 0 radical (unpaired) electrons. The zero-order valence-electron chi connectivity index (χ0n) is 22.9. The van der Waals surface area contributed by atoms with E-state index in [1.807, 2.05) is 72.8 Å². The minimum atomic E-state index is -1.06. The van der Waals surface area contributed by atoms with Crippen LogP contribution in [0.1, 0.15) is 21.6 Å². The Morgan fingerprint density at radius 2 is 1.42 bits per heavy atom. The van der Waals surface area contributed by atoms with E-state index in [0.717, 1.165) is 21.2 Å². The second kappa shape index (κ2) is 13.0.